The third kappa shape index (κ3) is 2.95. The van der Waals surface area contributed by atoms with Crippen molar-refractivity contribution in [2.24, 2.45) is 7.05 Å². The van der Waals surface area contributed by atoms with E-state index in [1.165, 1.54) is 15.7 Å². The van der Waals surface area contributed by atoms with Gasteiger partial charge in [-0.3, -0.25) is 9.99 Å². The Balaban J connectivity index is 2.74. The minimum atomic E-state index is -0.328. The van der Waals surface area contributed by atoms with Gasteiger partial charge in [-0.1, -0.05) is 32.0 Å². The Hall–Kier alpha value is -2.21. The summed E-state index contributed by atoms with van der Waals surface area (Å²) in [6, 6.07) is 6.20. The normalized spacial score (nSPS) is 10.7. The van der Waals surface area contributed by atoms with Crippen molar-refractivity contribution in [2.75, 3.05) is 12.5 Å². The number of hydrogen-bond acceptors (Lipinski definition) is 5. The standard InChI is InChI=1S/C15H21N5O/c1-5-10-8-7-9-11(6-2)12(10)13-17-14(19-16-3)18-15(21)20(13)4/h7-9,16H,5-6H2,1-4H3,(H,18,19,21). The Morgan fingerprint density at radius 1 is 1.14 bits per heavy atom. The van der Waals surface area contributed by atoms with Gasteiger partial charge in [0, 0.05) is 19.7 Å². The number of aryl methyl sites for hydroxylation is 2. The van der Waals surface area contributed by atoms with Crippen molar-refractivity contribution >= 4 is 5.95 Å². The van der Waals surface area contributed by atoms with Crippen molar-refractivity contribution in [3.05, 3.63) is 39.8 Å². The first-order chi connectivity index (χ1) is 10.1. The highest BCUT2D eigenvalue weighted by molar-refractivity contribution is 5.66. The van der Waals surface area contributed by atoms with E-state index < -0.39 is 0 Å². The first kappa shape index (κ1) is 15.2. The zero-order valence-corrected chi connectivity index (χ0v) is 12.9. The Bertz CT molecular complexity index is 671. The van der Waals surface area contributed by atoms with E-state index in [0.717, 1.165) is 18.4 Å². The number of nitrogens with zero attached hydrogens (tertiary/aromatic N) is 3. The van der Waals surface area contributed by atoms with Crippen molar-refractivity contribution in [1.29, 1.82) is 0 Å². The van der Waals surface area contributed by atoms with E-state index in [4.69, 9.17) is 0 Å². The van der Waals surface area contributed by atoms with Gasteiger partial charge in [0.05, 0.1) is 0 Å². The number of benzene rings is 1. The van der Waals surface area contributed by atoms with Crippen LogP contribution >= 0.6 is 0 Å². The molecular formula is C15H21N5O. The minimum absolute atomic E-state index is 0.281. The van der Waals surface area contributed by atoms with Gasteiger partial charge in [0.2, 0.25) is 5.95 Å². The first-order valence-electron chi connectivity index (χ1n) is 7.11. The van der Waals surface area contributed by atoms with Gasteiger partial charge in [-0.15, -0.1) is 0 Å². The lowest BCUT2D eigenvalue weighted by Gasteiger charge is -2.15. The number of aromatic nitrogens is 3. The lowest BCUT2D eigenvalue weighted by atomic mass is 9.97. The number of nitrogens with one attached hydrogen (secondary N) is 2. The van der Waals surface area contributed by atoms with Crippen molar-refractivity contribution in [2.45, 2.75) is 26.7 Å². The molecule has 1 aromatic heterocycles. The van der Waals surface area contributed by atoms with Crippen LogP contribution in [0.5, 0.6) is 0 Å². The van der Waals surface area contributed by atoms with Gasteiger partial charge in [-0.2, -0.15) is 9.97 Å². The summed E-state index contributed by atoms with van der Waals surface area (Å²) in [5.74, 6) is 0.922. The molecule has 0 bridgehead atoms. The molecule has 0 amide bonds. The van der Waals surface area contributed by atoms with Crippen molar-refractivity contribution in [3.63, 3.8) is 0 Å². The van der Waals surface area contributed by atoms with Crippen LogP contribution in [0, 0.1) is 0 Å². The molecule has 0 unspecified atom stereocenters. The Morgan fingerprint density at radius 2 is 1.76 bits per heavy atom. The SMILES string of the molecule is CCc1cccc(CC)c1-c1nc(NNC)nc(=O)n1C. The maximum absolute atomic E-state index is 12.1. The molecule has 0 saturated heterocycles. The van der Waals surface area contributed by atoms with Crippen LogP contribution in [0.3, 0.4) is 0 Å². The number of hydrogen-bond donors (Lipinski definition) is 2. The molecule has 2 aromatic rings. The van der Waals surface area contributed by atoms with Gasteiger partial charge in [0.25, 0.3) is 0 Å². The molecule has 0 aliphatic heterocycles. The summed E-state index contributed by atoms with van der Waals surface area (Å²) in [6.45, 7) is 4.20. The first-order valence-corrected chi connectivity index (χ1v) is 7.11. The molecule has 0 aliphatic carbocycles. The molecule has 1 aromatic carbocycles. The van der Waals surface area contributed by atoms with E-state index in [-0.39, 0.29) is 11.6 Å². The highest BCUT2D eigenvalue weighted by Crippen LogP contribution is 2.26. The molecule has 0 atom stereocenters. The molecule has 2 N–H and O–H groups in total. The molecule has 112 valence electrons. The van der Waals surface area contributed by atoms with Crippen molar-refractivity contribution in [1.82, 2.24) is 20.0 Å². The molecular weight excluding hydrogens is 266 g/mol. The Labute approximate surface area is 124 Å². The Morgan fingerprint density at radius 3 is 2.29 bits per heavy atom. The second kappa shape index (κ2) is 6.49. The smallest absolute Gasteiger partial charge is 0.290 e. The quantitative estimate of drug-likeness (QED) is 0.816. The van der Waals surface area contributed by atoms with Crippen LogP contribution in [0.2, 0.25) is 0 Å². The van der Waals surface area contributed by atoms with Crippen molar-refractivity contribution in [3.8, 4) is 11.4 Å². The van der Waals surface area contributed by atoms with E-state index in [1.807, 2.05) is 6.07 Å². The second-order valence-electron chi connectivity index (χ2n) is 4.75. The Kier molecular flexibility index (Phi) is 4.70. The fraction of sp³-hybridized carbons (Fsp3) is 0.400. The average Bonchev–Trinajstić information content (AvgIpc) is 2.50. The minimum Gasteiger partial charge on any atom is -0.290 e. The largest absolute Gasteiger partial charge is 0.352 e. The summed E-state index contributed by atoms with van der Waals surface area (Å²) in [7, 11) is 3.41. The zero-order valence-electron chi connectivity index (χ0n) is 12.9. The predicted octanol–water partition coefficient (Wildman–Crippen LogP) is 1.51. The van der Waals surface area contributed by atoms with Gasteiger partial charge >= 0.3 is 5.69 Å². The van der Waals surface area contributed by atoms with Crippen LogP contribution in [0.25, 0.3) is 11.4 Å². The third-order valence-electron chi connectivity index (χ3n) is 3.48. The molecule has 21 heavy (non-hydrogen) atoms. The third-order valence-corrected chi connectivity index (χ3v) is 3.48. The molecule has 1 heterocycles. The monoisotopic (exact) mass is 287 g/mol. The van der Waals surface area contributed by atoms with Crippen LogP contribution < -0.4 is 16.5 Å². The predicted molar refractivity (Wildman–Crippen MR) is 84.1 cm³/mol. The zero-order chi connectivity index (χ0) is 15.4. The molecule has 0 fully saturated rings. The maximum Gasteiger partial charge on any atom is 0.352 e. The molecule has 0 aliphatic rings. The summed E-state index contributed by atoms with van der Waals surface area (Å²) in [5.41, 5.74) is 8.58. The van der Waals surface area contributed by atoms with Gasteiger partial charge in [0.1, 0.15) is 5.82 Å². The molecule has 0 radical (unpaired) electrons. The number of anilines is 1. The van der Waals surface area contributed by atoms with Gasteiger partial charge < -0.3 is 0 Å². The van der Waals surface area contributed by atoms with E-state index in [9.17, 15) is 4.79 Å². The summed E-state index contributed by atoms with van der Waals surface area (Å²) < 4.78 is 1.49. The molecule has 0 spiro atoms. The topological polar surface area (TPSA) is 71.8 Å². The van der Waals surface area contributed by atoms with E-state index >= 15 is 0 Å². The summed E-state index contributed by atoms with van der Waals surface area (Å²) in [5, 5.41) is 0. The van der Waals surface area contributed by atoms with E-state index in [0.29, 0.717) is 5.82 Å². The van der Waals surface area contributed by atoms with Crippen LogP contribution in [-0.2, 0) is 19.9 Å². The molecule has 2 rings (SSSR count). The van der Waals surface area contributed by atoms with Crippen molar-refractivity contribution < 1.29 is 0 Å². The number of hydrazine groups is 1. The van der Waals surface area contributed by atoms with Gasteiger partial charge in [-0.25, -0.2) is 10.2 Å². The van der Waals surface area contributed by atoms with Gasteiger partial charge in [-0.05, 0) is 24.0 Å². The maximum atomic E-state index is 12.1. The summed E-state index contributed by atoms with van der Waals surface area (Å²) >= 11 is 0. The van der Waals surface area contributed by atoms with Crippen LogP contribution in [0.4, 0.5) is 5.95 Å². The second-order valence-corrected chi connectivity index (χ2v) is 4.75. The highest BCUT2D eigenvalue weighted by Gasteiger charge is 2.15. The molecule has 0 saturated carbocycles. The molecule has 6 heteroatoms. The van der Waals surface area contributed by atoms with E-state index in [1.54, 1.807) is 14.1 Å². The van der Waals surface area contributed by atoms with E-state index in [2.05, 4.69) is 46.8 Å². The van der Waals surface area contributed by atoms with Crippen LogP contribution in [0.1, 0.15) is 25.0 Å². The van der Waals surface area contributed by atoms with Crippen LogP contribution in [0.15, 0.2) is 23.0 Å². The average molecular weight is 287 g/mol. The summed E-state index contributed by atoms with van der Waals surface area (Å²) in [4.78, 5) is 20.4. The fourth-order valence-electron chi connectivity index (χ4n) is 2.38. The lowest BCUT2D eigenvalue weighted by Crippen LogP contribution is -2.28. The van der Waals surface area contributed by atoms with Crippen LogP contribution in [-0.4, -0.2) is 21.6 Å². The highest BCUT2D eigenvalue weighted by atomic mass is 16.1. The summed E-state index contributed by atoms with van der Waals surface area (Å²) in [6.07, 6.45) is 1.77. The lowest BCUT2D eigenvalue weighted by molar-refractivity contribution is 0.772. The van der Waals surface area contributed by atoms with Gasteiger partial charge in [0.15, 0.2) is 0 Å². The fourth-order valence-corrected chi connectivity index (χ4v) is 2.38. The molecule has 6 nitrogen and oxygen atoms in total. The number of rotatable bonds is 5.